The Labute approximate surface area is 91.9 Å². The third kappa shape index (κ3) is 4.17. The van der Waals surface area contributed by atoms with Crippen molar-refractivity contribution in [2.24, 2.45) is 0 Å². The molecule has 77 valence electrons. The first-order valence-corrected chi connectivity index (χ1v) is 6.88. The van der Waals surface area contributed by atoms with Gasteiger partial charge in [0.1, 0.15) is 0 Å². The zero-order valence-electron chi connectivity index (χ0n) is 7.64. The van der Waals surface area contributed by atoms with Crippen molar-refractivity contribution in [2.75, 3.05) is 6.26 Å². The summed E-state index contributed by atoms with van der Waals surface area (Å²) in [7, 11) is -3.27. The van der Waals surface area contributed by atoms with E-state index in [1.54, 1.807) is 6.07 Å². The van der Waals surface area contributed by atoms with Crippen LogP contribution in [0.2, 0.25) is 0 Å². The lowest BCUT2D eigenvalue weighted by molar-refractivity contribution is 0.585. The molecule has 4 nitrogen and oxygen atoms in total. The quantitative estimate of drug-likeness (QED) is 0.773. The van der Waals surface area contributed by atoms with Crippen LogP contribution in [0.4, 0.5) is 0 Å². The Morgan fingerprint density at radius 3 is 2.64 bits per heavy atom. The number of alkyl halides is 1. The largest absolute Gasteiger partial charge is 0.256 e. The Bertz CT molecular complexity index is 406. The molecule has 0 saturated carbocycles. The van der Waals surface area contributed by atoms with E-state index >= 15 is 0 Å². The van der Waals surface area contributed by atoms with Crippen molar-refractivity contribution in [1.29, 1.82) is 0 Å². The molecule has 0 bridgehead atoms. The molecule has 0 spiro atoms. The maximum atomic E-state index is 10.8. The highest BCUT2D eigenvalue weighted by Gasteiger charge is 2.04. The zero-order valence-corrected chi connectivity index (χ0v) is 10.0. The van der Waals surface area contributed by atoms with Crippen molar-refractivity contribution < 1.29 is 8.42 Å². The number of pyridine rings is 1. The molecular formula is C8H10BrN2O2S. The van der Waals surface area contributed by atoms with E-state index in [1.807, 2.05) is 12.1 Å². The molecule has 6 heteroatoms. The standard InChI is InChI=1S/C8H10BrN2O2S/c1-14(12,13)10-6-8-4-2-3-7(5-9)11-8/h2-4H,5-6H2,1H3. The Hall–Kier alpha value is -0.460. The second-order valence-corrected chi connectivity index (χ2v) is 5.06. The Morgan fingerprint density at radius 2 is 2.07 bits per heavy atom. The van der Waals surface area contributed by atoms with Crippen molar-refractivity contribution >= 4 is 26.0 Å². The molecule has 0 fully saturated rings. The fraction of sp³-hybridized carbons (Fsp3) is 0.375. The fourth-order valence-electron chi connectivity index (χ4n) is 0.875. The van der Waals surface area contributed by atoms with Gasteiger partial charge in [-0.2, -0.15) is 0 Å². The van der Waals surface area contributed by atoms with E-state index in [9.17, 15) is 8.42 Å². The van der Waals surface area contributed by atoms with Gasteiger partial charge in [0, 0.05) is 5.33 Å². The van der Waals surface area contributed by atoms with Gasteiger partial charge in [-0.05, 0) is 12.1 Å². The highest BCUT2D eigenvalue weighted by atomic mass is 79.9. The maximum absolute atomic E-state index is 10.8. The molecule has 0 saturated heterocycles. The Balaban J connectivity index is 2.68. The molecule has 0 aliphatic rings. The summed E-state index contributed by atoms with van der Waals surface area (Å²) in [6.45, 7) is 0.111. The van der Waals surface area contributed by atoms with Gasteiger partial charge < -0.3 is 0 Å². The lowest BCUT2D eigenvalue weighted by Crippen LogP contribution is -2.14. The third-order valence-electron chi connectivity index (χ3n) is 1.46. The molecular weight excluding hydrogens is 268 g/mol. The number of nitrogens with zero attached hydrogens (tertiary/aromatic N) is 2. The maximum Gasteiger partial charge on any atom is 0.225 e. The molecule has 0 N–H and O–H groups in total. The third-order valence-corrected chi connectivity index (χ3v) is 2.64. The molecule has 1 rings (SSSR count). The predicted molar refractivity (Wildman–Crippen MR) is 57.5 cm³/mol. The summed E-state index contributed by atoms with van der Waals surface area (Å²) in [6, 6.07) is 5.44. The van der Waals surface area contributed by atoms with Gasteiger partial charge in [0.25, 0.3) is 0 Å². The van der Waals surface area contributed by atoms with E-state index in [0.29, 0.717) is 11.0 Å². The fourth-order valence-corrected chi connectivity index (χ4v) is 1.55. The first kappa shape index (κ1) is 11.6. The summed E-state index contributed by atoms with van der Waals surface area (Å²) in [5.41, 5.74) is 1.53. The van der Waals surface area contributed by atoms with Crippen LogP contribution < -0.4 is 4.72 Å². The smallest absolute Gasteiger partial charge is 0.225 e. The van der Waals surface area contributed by atoms with E-state index < -0.39 is 10.0 Å². The molecule has 0 unspecified atom stereocenters. The van der Waals surface area contributed by atoms with E-state index in [-0.39, 0.29) is 6.54 Å². The molecule has 1 aromatic heterocycles. The van der Waals surface area contributed by atoms with E-state index in [4.69, 9.17) is 0 Å². The van der Waals surface area contributed by atoms with E-state index in [2.05, 4.69) is 25.6 Å². The molecule has 1 aromatic rings. The van der Waals surface area contributed by atoms with Crippen molar-refractivity contribution in [3.05, 3.63) is 29.6 Å². The van der Waals surface area contributed by atoms with Gasteiger partial charge >= 0.3 is 0 Å². The van der Waals surface area contributed by atoms with Crippen LogP contribution in [0, 0.1) is 0 Å². The minimum atomic E-state index is -3.27. The van der Waals surface area contributed by atoms with Gasteiger partial charge in [-0.15, -0.1) is 4.72 Å². The highest BCUT2D eigenvalue weighted by molar-refractivity contribution is 9.08. The van der Waals surface area contributed by atoms with Gasteiger partial charge in [-0.3, -0.25) is 4.98 Å². The van der Waals surface area contributed by atoms with Gasteiger partial charge in [0.05, 0.1) is 24.2 Å². The number of rotatable bonds is 4. The van der Waals surface area contributed by atoms with Gasteiger partial charge in [0.2, 0.25) is 10.0 Å². The summed E-state index contributed by atoms with van der Waals surface area (Å²) in [4.78, 5) is 4.19. The summed E-state index contributed by atoms with van der Waals surface area (Å²) in [6.07, 6.45) is 1.07. The molecule has 14 heavy (non-hydrogen) atoms. The first-order chi connectivity index (χ1) is 6.51. The van der Waals surface area contributed by atoms with Gasteiger partial charge in [-0.1, -0.05) is 22.0 Å². The van der Waals surface area contributed by atoms with Crippen LogP contribution >= 0.6 is 15.9 Å². The summed E-state index contributed by atoms with van der Waals surface area (Å²) in [5, 5.41) is 0.652. The van der Waals surface area contributed by atoms with Crippen LogP contribution in [0.5, 0.6) is 0 Å². The van der Waals surface area contributed by atoms with Crippen LogP contribution in [-0.4, -0.2) is 19.7 Å². The number of aromatic nitrogens is 1. The number of sulfonamides is 1. The summed E-state index contributed by atoms with van der Waals surface area (Å²) < 4.78 is 25.0. The molecule has 0 aliphatic carbocycles. The SMILES string of the molecule is CS(=O)(=O)[N]Cc1cccc(CBr)n1. The van der Waals surface area contributed by atoms with Crippen molar-refractivity contribution in [3.8, 4) is 0 Å². The van der Waals surface area contributed by atoms with E-state index in [0.717, 1.165) is 11.9 Å². The van der Waals surface area contributed by atoms with Gasteiger partial charge in [0.15, 0.2) is 0 Å². The average Bonchev–Trinajstić information content (AvgIpc) is 2.14. The lowest BCUT2D eigenvalue weighted by atomic mass is 10.3. The van der Waals surface area contributed by atoms with Crippen LogP contribution in [0.15, 0.2) is 18.2 Å². The normalized spacial score (nSPS) is 11.6. The van der Waals surface area contributed by atoms with Gasteiger partial charge in [-0.25, -0.2) is 8.42 Å². The molecule has 0 aliphatic heterocycles. The minimum absolute atomic E-state index is 0.111. The van der Waals surface area contributed by atoms with Crippen molar-refractivity contribution in [2.45, 2.75) is 11.9 Å². The lowest BCUT2D eigenvalue weighted by Gasteiger charge is -2.01. The molecule has 0 amide bonds. The highest BCUT2D eigenvalue weighted by Crippen LogP contribution is 2.04. The molecule has 0 atom stereocenters. The van der Waals surface area contributed by atoms with Crippen molar-refractivity contribution in [1.82, 2.24) is 9.71 Å². The van der Waals surface area contributed by atoms with Crippen LogP contribution in [-0.2, 0) is 21.9 Å². The number of halogens is 1. The average molecular weight is 278 g/mol. The Morgan fingerprint density at radius 1 is 1.43 bits per heavy atom. The predicted octanol–water partition coefficient (Wildman–Crippen LogP) is 1.04. The van der Waals surface area contributed by atoms with Crippen LogP contribution in [0.3, 0.4) is 0 Å². The minimum Gasteiger partial charge on any atom is -0.256 e. The summed E-state index contributed by atoms with van der Waals surface area (Å²) >= 11 is 3.27. The van der Waals surface area contributed by atoms with Crippen molar-refractivity contribution in [3.63, 3.8) is 0 Å². The monoisotopic (exact) mass is 277 g/mol. The number of hydrogen-bond acceptors (Lipinski definition) is 3. The zero-order chi connectivity index (χ0) is 10.6. The number of hydrogen-bond donors (Lipinski definition) is 0. The summed E-state index contributed by atoms with van der Waals surface area (Å²) in [5.74, 6) is 0. The van der Waals surface area contributed by atoms with Crippen LogP contribution in [0.1, 0.15) is 11.4 Å². The molecule has 0 aromatic carbocycles. The molecule has 1 heterocycles. The second kappa shape index (κ2) is 4.86. The molecule has 1 radical (unpaired) electrons. The van der Waals surface area contributed by atoms with Crippen LogP contribution in [0.25, 0.3) is 0 Å². The topological polar surface area (TPSA) is 61.1 Å². The first-order valence-electron chi connectivity index (χ1n) is 3.91. The van der Waals surface area contributed by atoms with E-state index in [1.165, 1.54) is 0 Å². The second-order valence-electron chi connectivity index (χ2n) is 2.77. The Kier molecular flexibility index (Phi) is 4.03.